The highest BCUT2D eigenvalue weighted by atomic mass is 35.5. The van der Waals surface area contributed by atoms with Crippen LogP contribution in [0, 0.1) is 11.3 Å². The number of benzene rings is 1. The lowest BCUT2D eigenvalue weighted by molar-refractivity contribution is -0.113. The molecule has 0 unspecified atom stereocenters. The number of hydrogen-bond donors (Lipinski definition) is 1. The monoisotopic (exact) mass is 320 g/mol. The summed E-state index contributed by atoms with van der Waals surface area (Å²) in [6.45, 7) is 0. The lowest BCUT2D eigenvalue weighted by atomic mass is 10.3. The van der Waals surface area contributed by atoms with E-state index in [0.717, 1.165) is 0 Å². The Hall–Kier alpha value is -1.29. The van der Waals surface area contributed by atoms with Crippen LogP contribution >= 0.6 is 23.2 Å². The summed E-state index contributed by atoms with van der Waals surface area (Å²) in [6.07, 6.45) is -0.145. The molecule has 0 radical (unpaired) electrons. The van der Waals surface area contributed by atoms with Crippen LogP contribution in [0.15, 0.2) is 18.2 Å². The third kappa shape index (κ3) is 5.07. The fourth-order valence-corrected chi connectivity index (χ4v) is 2.63. The molecule has 5 nitrogen and oxygen atoms in total. The highest BCUT2D eigenvalue weighted by Gasteiger charge is 2.17. The first kappa shape index (κ1) is 15.8. The zero-order chi connectivity index (χ0) is 14.5. The van der Waals surface area contributed by atoms with Crippen molar-refractivity contribution in [2.24, 2.45) is 0 Å². The van der Waals surface area contributed by atoms with E-state index in [2.05, 4.69) is 5.32 Å². The molecule has 1 aromatic rings. The second-order valence-electron chi connectivity index (χ2n) is 3.65. The van der Waals surface area contributed by atoms with E-state index in [4.69, 9.17) is 28.5 Å². The molecule has 0 aliphatic carbocycles. The van der Waals surface area contributed by atoms with Gasteiger partial charge in [-0.25, -0.2) is 8.42 Å². The first-order valence-corrected chi connectivity index (χ1v) is 7.74. The highest BCUT2D eigenvalue weighted by molar-refractivity contribution is 7.92. The van der Waals surface area contributed by atoms with Gasteiger partial charge in [-0.1, -0.05) is 29.3 Å². The summed E-state index contributed by atoms with van der Waals surface area (Å²) in [4.78, 5) is 11.6. The molecule has 8 heteroatoms. The molecule has 0 saturated carbocycles. The van der Waals surface area contributed by atoms with Gasteiger partial charge in [-0.05, 0) is 12.1 Å². The number of carbonyl (C=O) groups excluding carboxylic acids is 1. The molecule has 19 heavy (non-hydrogen) atoms. The van der Waals surface area contributed by atoms with Crippen molar-refractivity contribution in [2.75, 3.05) is 16.8 Å². The van der Waals surface area contributed by atoms with E-state index in [1.54, 1.807) is 18.2 Å². The van der Waals surface area contributed by atoms with Crippen LogP contribution in [0.4, 0.5) is 5.69 Å². The Kier molecular flexibility index (Phi) is 5.60. The Labute approximate surface area is 121 Å². The minimum absolute atomic E-state index is 0.145. The van der Waals surface area contributed by atoms with Gasteiger partial charge in [-0.15, -0.1) is 0 Å². The molecule has 0 spiro atoms. The Balaban J connectivity index is 2.71. The lowest BCUT2D eigenvalue weighted by Gasteiger charge is -2.08. The largest absolute Gasteiger partial charge is 0.324 e. The number of carbonyl (C=O) groups is 1. The van der Waals surface area contributed by atoms with Gasteiger partial charge in [0.2, 0.25) is 5.91 Å². The van der Waals surface area contributed by atoms with E-state index in [1.165, 1.54) is 6.07 Å². The molecule has 1 rings (SSSR count). The standard InChI is InChI=1S/C11H10Cl2N2O3S/c12-8-3-1-4-9(11(8)13)15-10(16)7-19(17,18)6-2-5-14/h1,3-4H,2,6-7H2,(H,15,16). The molecular weight excluding hydrogens is 311 g/mol. The maximum Gasteiger partial charge on any atom is 0.239 e. The van der Waals surface area contributed by atoms with Gasteiger partial charge >= 0.3 is 0 Å². The second kappa shape index (κ2) is 6.75. The average Bonchev–Trinajstić information content (AvgIpc) is 2.32. The van der Waals surface area contributed by atoms with E-state index in [0.29, 0.717) is 0 Å². The number of rotatable bonds is 5. The number of nitrogens with one attached hydrogen (secondary N) is 1. The number of anilines is 1. The van der Waals surface area contributed by atoms with Gasteiger partial charge in [-0.2, -0.15) is 5.26 Å². The summed E-state index contributed by atoms with van der Waals surface area (Å²) < 4.78 is 22.9. The smallest absolute Gasteiger partial charge is 0.239 e. The molecular formula is C11H10Cl2N2O3S. The minimum atomic E-state index is -3.60. The van der Waals surface area contributed by atoms with Gasteiger partial charge in [0.25, 0.3) is 0 Å². The van der Waals surface area contributed by atoms with Gasteiger partial charge < -0.3 is 5.32 Å². The normalized spacial score (nSPS) is 10.8. The van der Waals surface area contributed by atoms with Crippen LogP contribution in [-0.2, 0) is 14.6 Å². The summed E-state index contributed by atoms with van der Waals surface area (Å²) in [7, 11) is -3.60. The second-order valence-corrected chi connectivity index (χ2v) is 6.62. The number of nitriles is 1. The number of hydrogen-bond acceptors (Lipinski definition) is 4. The van der Waals surface area contributed by atoms with Gasteiger partial charge in [0.1, 0.15) is 5.75 Å². The van der Waals surface area contributed by atoms with Gasteiger partial charge in [-0.3, -0.25) is 4.79 Å². The molecule has 0 saturated heterocycles. The van der Waals surface area contributed by atoms with Crippen molar-refractivity contribution >= 4 is 44.6 Å². The van der Waals surface area contributed by atoms with Crippen LogP contribution in [0.1, 0.15) is 6.42 Å². The molecule has 102 valence electrons. The van der Waals surface area contributed by atoms with Crippen molar-refractivity contribution in [1.29, 1.82) is 5.26 Å². The summed E-state index contributed by atoms with van der Waals surface area (Å²) >= 11 is 11.6. The van der Waals surface area contributed by atoms with Crippen molar-refractivity contribution in [3.05, 3.63) is 28.2 Å². The maximum absolute atomic E-state index is 11.6. The summed E-state index contributed by atoms with van der Waals surface area (Å²) in [5.74, 6) is -1.76. The number of nitrogens with zero attached hydrogens (tertiary/aromatic N) is 1. The first-order chi connectivity index (χ1) is 8.85. The zero-order valence-corrected chi connectivity index (χ0v) is 12.0. The van der Waals surface area contributed by atoms with Crippen LogP contribution in [0.2, 0.25) is 10.0 Å². The van der Waals surface area contributed by atoms with Gasteiger partial charge in [0.05, 0.1) is 27.6 Å². The first-order valence-electron chi connectivity index (χ1n) is 5.17. The molecule has 1 aromatic carbocycles. The van der Waals surface area contributed by atoms with E-state index in [9.17, 15) is 13.2 Å². The predicted molar refractivity (Wildman–Crippen MR) is 74.0 cm³/mol. The number of halogens is 2. The highest BCUT2D eigenvalue weighted by Crippen LogP contribution is 2.29. The lowest BCUT2D eigenvalue weighted by Crippen LogP contribution is -2.24. The van der Waals surface area contributed by atoms with Crippen LogP contribution in [-0.4, -0.2) is 25.8 Å². The van der Waals surface area contributed by atoms with E-state index in [1.807, 2.05) is 0 Å². The van der Waals surface area contributed by atoms with Crippen molar-refractivity contribution in [2.45, 2.75) is 6.42 Å². The molecule has 1 N–H and O–H groups in total. The predicted octanol–water partition coefficient (Wildman–Crippen LogP) is 2.26. The maximum atomic E-state index is 11.6. The Morgan fingerprint density at radius 3 is 2.68 bits per heavy atom. The topological polar surface area (TPSA) is 87.0 Å². The van der Waals surface area contributed by atoms with E-state index >= 15 is 0 Å². The third-order valence-corrected chi connectivity index (χ3v) is 4.45. The van der Waals surface area contributed by atoms with Crippen molar-refractivity contribution in [1.82, 2.24) is 0 Å². The summed E-state index contributed by atoms with van der Waals surface area (Å²) in [6, 6.07) is 6.34. The molecule has 0 aliphatic heterocycles. The Morgan fingerprint density at radius 2 is 2.05 bits per heavy atom. The fourth-order valence-electron chi connectivity index (χ4n) is 1.26. The van der Waals surface area contributed by atoms with Gasteiger partial charge in [0, 0.05) is 6.42 Å². The van der Waals surface area contributed by atoms with E-state index < -0.39 is 21.5 Å². The van der Waals surface area contributed by atoms with Crippen LogP contribution < -0.4 is 5.32 Å². The third-order valence-electron chi connectivity index (χ3n) is 2.10. The van der Waals surface area contributed by atoms with Crippen LogP contribution in [0.3, 0.4) is 0 Å². The molecule has 0 bridgehead atoms. The summed E-state index contributed by atoms with van der Waals surface area (Å²) in [5.41, 5.74) is 0.245. The Morgan fingerprint density at radius 1 is 1.37 bits per heavy atom. The van der Waals surface area contributed by atoms with Gasteiger partial charge in [0.15, 0.2) is 9.84 Å². The Bertz CT molecular complexity index is 623. The average molecular weight is 321 g/mol. The molecule has 0 heterocycles. The molecule has 0 fully saturated rings. The minimum Gasteiger partial charge on any atom is -0.324 e. The molecule has 1 amide bonds. The molecule has 0 aliphatic rings. The zero-order valence-electron chi connectivity index (χ0n) is 9.69. The van der Waals surface area contributed by atoms with Crippen molar-refractivity contribution in [3.63, 3.8) is 0 Å². The van der Waals surface area contributed by atoms with Crippen molar-refractivity contribution < 1.29 is 13.2 Å². The molecule has 0 aromatic heterocycles. The van der Waals surface area contributed by atoms with Crippen LogP contribution in [0.25, 0.3) is 0 Å². The quantitative estimate of drug-likeness (QED) is 0.901. The number of amides is 1. The van der Waals surface area contributed by atoms with E-state index in [-0.39, 0.29) is 27.9 Å². The molecule has 0 atom stereocenters. The number of sulfone groups is 1. The fraction of sp³-hybridized carbons (Fsp3) is 0.273. The van der Waals surface area contributed by atoms with Crippen molar-refractivity contribution in [3.8, 4) is 6.07 Å². The SMILES string of the molecule is N#CCCS(=O)(=O)CC(=O)Nc1cccc(Cl)c1Cl. The summed E-state index contributed by atoms with van der Waals surface area (Å²) in [5, 5.41) is 11.1. The van der Waals surface area contributed by atoms with Crippen LogP contribution in [0.5, 0.6) is 0 Å².